The van der Waals surface area contributed by atoms with Gasteiger partial charge in [0.15, 0.2) is 0 Å². The molecule has 0 aliphatic rings. The molecule has 5 aromatic rings. The number of imidazole rings is 1. The lowest BCUT2D eigenvalue weighted by Crippen LogP contribution is -2.14. The lowest BCUT2D eigenvalue weighted by molar-refractivity contribution is 0.0696. The van der Waals surface area contributed by atoms with Gasteiger partial charge in [-0.2, -0.15) is 0 Å². The van der Waals surface area contributed by atoms with Crippen molar-refractivity contribution < 1.29 is 9.90 Å². The van der Waals surface area contributed by atoms with Crippen molar-refractivity contribution in [3.63, 3.8) is 0 Å². The highest BCUT2D eigenvalue weighted by Gasteiger charge is 2.11. The van der Waals surface area contributed by atoms with Crippen molar-refractivity contribution in [2.45, 2.75) is 20.0 Å². The smallest absolute Gasteiger partial charge is 0.335 e. The standard InChI is InChI=1S/C27H23N3O2S/c1-17-20(8-5-9-22(17)27(31)32)15-28-14-18-6-4-7-19(12-18)21-13-25(33-16-21)26-29-23-10-2-3-11-24(23)30-26/h2-13,16,28H,14-15H2,1H3,(H,29,30)(H,31,32). The number of aromatic amines is 1. The summed E-state index contributed by atoms with van der Waals surface area (Å²) in [5.74, 6) is 0.00376. The number of rotatable bonds is 7. The number of fused-ring (bicyclic) bond motifs is 1. The van der Waals surface area contributed by atoms with E-state index in [1.807, 2.05) is 37.3 Å². The number of hydrogen-bond donors (Lipinski definition) is 3. The molecule has 164 valence electrons. The third-order valence-corrected chi connectivity index (χ3v) is 6.74. The second-order valence-corrected chi connectivity index (χ2v) is 8.91. The normalized spacial score (nSPS) is 11.2. The molecule has 0 aliphatic carbocycles. The molecular weight excluding hydrogens is 430 g/mol. The molecule has 5 nitrogen and oxygen atoms in total. The highest BCUT2D eigenvalue weighted by Crippen LogP contribution is 2.32. The number of H-pyrrole nitrogens is 1. The number of nitrogens with one attached hydrogen (secondary N) is 2. The summed E-state index contributed by atoms with van der Waals surface area (Å²) in [6.07, 6.45) is 0. The fourth-order valence-electron chi connectivity index (χ4n) is 3.99. The van der Waals surface area contributed by atoms with Gasteiger partial charge in [0.05, 0.1) is 21.5 Å². The monoisotopic (exact) mass is 453 g/mol. The van der Waals surface area contributed by atoms with Gasteiger partial charge in [0.25, 0.3) is 0 Å². The maximum Gasteiger partial charge on any atom is 0.335 e. The van der Waals surface area contributed by atoms with Crippen LogP contribution in [0.2, 0.25) is 0 Å². The maximum absolute atomic E-state index is 11.4. The zero-order chi connectivity index (χ0) is 22.8. The quantitative estimate of drug-likeness (QED) is 0.272. The molecule has 0 saturated heterocycles. The van der Waals surface area contributed by atoms with E-state index in [9.17, 15) is 9.90 Å². The molecule has 0 atom stereocenters. The fourth-order valence-corrected chi connectivity index (χ4v) is 4.85. The number of nitrogens with zero attached hydrogens (tertiary/aromatic N) is 1. The minimum atomic E-state index is -0.889. The Labute approximate surface area is 195 Å². The number of thiophene rings is 1. The van der Waals surface area contributed by atoms with Crippen molar-refractivity contribution in [2.75, 3.05) is 0 Å². The highest BCUT2D eigenvalue weighted by atomic mass is 32.1. The van der Waals surface area contributed by atoms with Gasteiger partial charge in [-0.15, -0.1) is 11.3 Å². The Balaban J connectivity index is 1.29. The van der Waals surface area contributed by atoms with E-state index in [1.54, 1.807) is 23.5 Å². The van der Waals surface area contributed by atoms with Gasteiger partial charge in [0.1, 0.15) is 5.82 Å². The zero-order valence-corrected chi connectivity index (χ0v) is 18.9. The van der Waals surface area contributed by atoms with Gasteiger partial charge in [0.2, 0.25) is 0 Å². The number of para-hydroxylation sites is 2. The molecule has 3 N–H and O–H groups in total. The van der Waals surface area contributed by atoms with E-state index in [2.05, 4.69) is 46.0 Å². The van der Waals surface area contributed by atoms with Crippen LogP contribution in [-0.4, -0.2) is 21.0 Å². The minimum absolute atomic E-state index is 0.356. The van der Waals surface area contributed by atoms with Crippen LogP contribution in [0.4, 0.5) is 0 Å². The molecule has 2 aromatic heterocycles. The van der Waals surface area contributed by atoms with E-state index in [4.69, 9.17) is 4.98 Å². The average Bonchev–Trinajstić information content (AvgIpc) is 3.47. The summed E-state index contributed by atoms with van der Waals surface area (Å²) in [5.41, 5.74) is 7.69. The molecule has 0 radical (unpaired) electrons. The van der Waals surface area contributed by atoms with E-state index in [0.717, 1.165) is 38.4 Å². The van der Waals surface area contributed by atoms with Crippen LogP contribution < -0.4 is 5.32 Å². The summed E-state index contributed by atoms with van der Waals surface area (Å²) < 4.78 is 0. The lowest BCUT2D eigenvalue weighted by Gasteiger charge is -2.10. The van der Waals surface area contributed by atoms with E-state index < -0.39 is 5.97 Å². The molecule has 0 fully saturated rings. The van der Waals surface area contributed by atoms with Crippen LogP contribution in [0.15, 0.2) is 78.2 Å². The molecule has 0 bridgehead atoms. The second kappa shape index (κ2) is 9.02. The Hall–Kier alpha value is -3.74. The van der Waals surface area contributed by atoms with Crippen molar-refractivity contribution in [2.24, 2.45) is 0 Å². The van der Waals surface area contributed by atoms with Crippen LogP contribution in [-0.2, 0) is 13.1 Å². The summed E-state index contributed by atoms with van der Waals surface area (Å²) in [5, 5.41) is 14.9. The predicted octanol–water partition coefficient (Wildman–Crippen LogP) is 6.25. The molecule has 2 heterocycles. The number of carbonyl (C=O) groups is 1. The Morgan fingerprint density at radius 3 is 2.70 bits per heavy atom. The van der Waals surface area contributed by atoms with Gasteiger partial charge in [0, 0.05) is 13.1 Å². The number of aromatic nitrogens is 2. The van der Waals surface area contributed by atoms with Crippen LogP contribution in [0.25, 0.3) is 32.9 Å². The molecule has 0 aliphatic heterocycles. The first kappa shape index (κ1) is 21.1. The maximum atomic E-state index is 11.4. The van der Waals surface area contributed by atoms with Crippen LogP contribution in [0.1, 0.15) is 27.0 Å². The van der Waals surface area contributed by atoms with Crippen molar-refractivity contribution in [1.29, 1.82) is 0 Å². The summed E-state index contributed by atoms with van der Waals surface area (Å²) in [6.45, 7) is 3.17. The minimum Gasteiger partial charge on any atom is -0.478 e. The van der Waals surface area contributed by atoms with Crippen molar-refractivity contribution in [3.05, 3.63) is 100 Å². The molecule has 0 unspecified atom stereocenters. The van der Waals surface area contributed by atoms with Gasteiger partial charge in [-0.05, 0) is 70.5 Å². The Morgan fingerprint density at radius 1 is 1.00 bits per heavy atom. The van der Waals surface area contributed by atoms with Crippen LogP contribution in [0, 0.1) is 6.92 Å². The molecule has 5 rings (SSSR count). The average molecular weight is 454 g/mol. The van der Waals surface area contributed by atoms with Gasteiger partial charge in [-0.3, -0.25) is 0 Å². The van der Waals surface area contributed by atoms with E-state index >= 15 is 0 Å². The molecule has 0 saturated carbocycles. The van der Waals surface area contributed by atoms with Crippen LogP contribution in [0.3, 0.4) is 0 Å². The molecule has 0 spiro atoms. The fraction of sp³-hybridized carbons (Fsp3) is 0.111. The van der Waals surface area contributed by atoms with Crippen LogP contribution >= 0.6 is 11.3 Å². The molecule has 3 aromatic carbocycles. The van der Waals surface area contributed by atoms with Crippen molar-refractivity contribution in [1.82, 2.24) is 15.3 Å². The Bertz CT molecular complexity index is 1420. The van der Waals surface area contributed by atoms with E-state index in [1.165, 1.54) is 11.1 Å². The topological polar surface area (TPSA) is 78.0 Å². The SMILES string of the molecule is Cc1c(CNCc2cccc(-c3csc(-c4nc5ccccc5[nH]4)c3)c2)cccc1C(=O)O. The first-order chi connectivity index (χ1) is 16.1. The first-order valence-electron chi connectivity index (χ1n) is 10.7. The number of aromatic carboxylic acids is 1. The lowest BCUT2D eigenvalue weighted by atomic mass is 10.0. The Morgan fingerprint density at radius 2 is 1.85 bits per heavy atom. The third-order valence-electron chi connectivity index (χ3n) is 5.80. The second-order valence-electron chi connectivity index (χ2n) is 8.00. The molecule has 6 heteroatoms. The molecular formula is C27H23N3O2S. The van der Waals surface area contributed by atoms with Crippen molar-refractivity contribution >= 4 is 28.3 Å². The summed E-state index contributed by atoms with van der Waals surface area (Å²) in [7, 11) is 0. The van der Waals surface area contributed by atoms with Gasteiger partial charge >= 0.3 is 5.97 Å². The summed E-state index contributed by atoms with van der Waals surface area (Å²) >= 11 is 1.68. The van der Waals surface area contributed by atoms with Crippen molar-refractivity contribution in [3.8, 4) is 21.8 Å². The number of hydrogen-bond acceptors (Lipinski definition) is 4. The van der Waals surface area contributed by atoms with Gasteiger partial charge < -0.3 is 15.4 Å². The third kappa shape index (κ3) is 4.44. The molecule has 0 amide bonds. The van der Waals surface area contributed by atoms with E-state index in [-0.39, 0.29) is 0 Å². The van der Waals surface area contributed by atoms with Crippen LogP contribution in [0.5, 0.6) is 0 Å². The largest absolute Gasteiger partial charge is 0.478 e. The summed E-state index contributed by atoms with van der Waals surface area (Å²) in [6, 6.07) is 24.1. The number of benzene rings is 3. The summed E-state index contributed by atoms with van der Waals surface area (Å²) in [4.78, 5) is 20.6. The Kier molecular flexibility index (Phi) is 5.77. The van der Waals surface area contributed by atoms with E-state index in [0.29, 0.717) is 18.7 Å². The number of carboxylic acid groups (broad SMARTS) is 1. The predicted molar refractivity (Wildman–Crippen MR) is 134 cm³/mol. The molecule has 33 heavy (non-hydrogen) atoms. The first-order valence-corrected chi connectivity index (χ1v) is 11.6. The number of carboxylic acids is 1. The zero-order valence-electron chi connectivity index (χ0n) is 18.1. The highest BCUT2D eigenvalue weighted by molar-refractivity contribution is 7.13. The van der Waals surface area contributed by atoms with Gasteiger partial charge in [-0.25, -0.2) is 9.78 Å². The van der Waals surface area contributed by atoms with Gasteiger partial charge in [-0.1, -0.05) is 42.5 Å².